The maximum absolute atomic E-state index is 11.2. The summed E-state index contributed by atoms with van der Waals surface area (Å²) in [6, 6.07) is 24.4. The predicted molar refractivity (Wildman–Crippen MR) is 138 cm³/mol. The van der Waals surface area contributed by atoms with Gasteiger partial charge in [-0.1, -0.05) is 30.3 Å². The average Bonchev–Trinajstić information content (AvgIpc) is 2.93. The van der Waals surface area contributed by atoms with Crippen molar-refractivity contribution >= 4 is 5.91 Å². The fourth-order valence-electron chi connectivity index (χ4n) is 3.09. The fraction of sp³-hybridized carbons (Fsp3) is 0.321. The Morgan fingerprint density at radius 1 is 0.778 bits per heavy atom. The van der Waals surface area contributed by atoms with E-state index in [9.17, 15) is 9.90 Å². The maximum Gasteiger partial charge on any atom is 0.257 e. The highest BCUT2D eigenvalue weighted by Gasteiger charge is 2.09. The van der Waals surface area contributed by atoms with E-state index in [0.717, 1.165) is 11.3 Å². The van der Waals surface area contributed by atoms with E-state index in [1.807, 2.05) is 61.5 Å². The Morgan fingerprint density at radius 2 is 1.31 bits per heavy atom. The third-order valence-corrected chi connectivity index (χ3v) is 5.19. The van der Waals surface area contributed by atoms with E-state index in [1.54, 1.807) is 31.3 Å². The van der Waals surface area contributed by atoms with Crippen molar-refractivity contribution in [3.63, 3.8) is 0 Å². The van der Waals surface area contributed by atoms with Gasteiger partial charge in [0, 0.05) is 19.6 Å². The zero-order chi connectivity index (χ0) is 25.6. The Hall–Kier alpha value is -3.75. The smallest absolute Gasteiger partial charge is 0.257 e. The molecule has 192 valence electrons. The highest BCUT2D eigenvalue weighted by Crippen LogP contribution is 2.19. The van der Waals surface area contributed by atoms with Crippen LogP contribution in [0, 0.1) is 0 Å². The standard InChI is InChI=1S/C28H34N2O6/c1-21(17-33-24-8-14-27(15-9-24)36-20-28(32)29-2)30-16-23(31)19-35-26-12-10-25(11-13-26)34-18-22-6-4-3-5-7-22/h3-15,21,23,30-31H,16-20H2,1-2H3,(H,29,32). The molecule has 1 amide bonds. The molecule has 36 heavy (non-hydrogen) atoms. The summed E-state index contributed by atoms with van der Waals surface area (Å²) in [6.45, 7) is 3.42. The van der Waals surface area contributed by atoms with Crippen molar-refractivity contribution in [1.82, 2.24) is 10.6 Å². The molecule has 0 spiro atoms. The average molecular weight is 495 g/mol. The molecule has 3 N–H and O–H groups in total. The quantitative estimate of drug-likeness (QED) is 0.299. The van der Waals surface area contributed by atoms with Crippen molar-refractivity contribution in [1.29, 1.82) is 0 Å². The van der Waals surface area contributed by atoms with Crippen molar-refractivity contribution in [3.05, 3.63) is 84.4 Å². The van der Waals surface area contributed by atoms with Gasteiger partial charge >= 0.3 is 0 Å². The lowest BCUT2D eigenvalue weighted by Crippen LogP contribution is -2.39. The number of hydrogen-bond acceptors (Lipinski definition) is 7. The summed E-state index contributed by atoms with van der Waals surface area (Å²) < 4.78 is 22.6. The summed E-state index contributed by atoms with van der Waals surface area (Å²) in [4.78, 5) is 11.2. The number of amides is 1. The Balaban J connectivity index is 1.29. The summed E-state index contributed by atoms with van der Waals surface area (Å²) in [5, 5.41) is 16.0. The van der Waals surface area contributed by atoms with Gasteiger partial charge in [-0.3, -0.25) is 4.79 Å². The molecule has 0 saturated carbocycles. The van der Waals surface area contributed by atoms with E-state index >= 15 is 0 Å². The molecule has 8 heteroatoms. The van der Waals surface area contributed by atoms with E-state index in [-0.39, 0.29) is 25.2 Å². The van der Waals surface area contributed by atoms with Crippen molar-refractivity contribution < 1.29 is 28.8 Å². The number of aliphatic hydroxyl groups excluding tert-OH is 1. The molecule has 0 fully saturated rings. The largest absolute Gasteiger partial charge is 0.492 e. The SMILES string of the molecule is CNC(=O)COc1ccc(OCC(C)NCC(O)COc2ccc(OCc3ccccc3)cc2)cc1. The summed E-state index contributed by atoms with van der Waals surface area (Å²) in [5.41, 5.74) is 1.11. The normalized spacial score (nSPS) is 12.3. The molecular formula is C28H34N2O6. The molecule has 8 nitrogen and oxygen atoms in total. The number of ether oxygens (including phenoxy) is 4. The Labute approximate surface area is 212 Å². The van der Waals surface area contributed by atoms with Gasteiger partial charge in [0.2, 0.25) is 0 Å². The number of likely N-dealkylation sites (N-methyl/N-ethyl adjacent to an activating group) is 1. The molecule has 0 aromatic heterocycles. The second kappa shape index (κ2) is 14.6. The Morgan fingerprint density at radius 3 is 1.89 bits per heavy atom. The van der Waals surface area contributed by atoms with E-state index in [1.165, 1.54) is 0 Å². The second-order valence-electron chi connectivity index (χ2n) is 8.26. The van der Waals surface area contributed by atoms with Crippen LogP contribution in [0.4, 0.5) is 0 Å². The number of benzene rings is 3. The van der Waals surface area contributed by atoms with Gasteiger partial charge in [-0.2, -0.15) is 0 Å². The van der Waals surface area contributed by atoms with Crippen LogP contribution in [0.15, 0.2) is 78.9 Å². The number of rotatable bonds is 15. The number of aliphatic hydroxyl groups is 1. The zero-order valence-electron chi connectivity index (χ0n) is 20.7. The van der Waals surface area contributed by atoms with Crippen molar-refractivity contribution in [3.8, 4) is 23.0 Å². The van der Waals surface area contributed by atoms with Gasteiger partial charge in [-0.05, 0) is 61.0 Å². The van der Waals surface area contributed by atoms with Crippen LogP contribution in [0.5, 0.6) is 23.0 Å². The summed E-state index contributed by atoms with van der Waals surface area (Å²) in [6.07, 6.45) is -0.668. The molecule has 0 radical (unpaired) electrons. The first kappa shape index (κ1) is 26.8. The van der Waals surface area contributed by atoms with Gasteiger partial charge in [0.05, 0.1) is 0 Å². The Bertz CT molecular complexity index is 1030. The van der Waals surface area contributed by atoms with Crippen LogP contribution in [-0.2, 0) is 11.4 Å². The van der Waals surface area contributed by atoms with Crippen LogP contribution in [0.25, 0.3) is 0 Å². The third kappa shape index (κ3) is 9.85. The van der Waals surface area contributed by atoms with Crippen LogP contribution in [0.1, 0.15) is 12.5 Å². The molecule has 2 unspecified atom stereocenters. The number of carbonyl (C=O) groups excluding carboxylic acids is 1. The summed E-state index contributed by atoms with van der Waals surface area (Å²) >= 11 is 0. The minimum Gasteiger partial charge on any atom is -0.492 e. The van der Waals surface area contributed by atoms with Crippen molar-refractivity contribution in [2.24, 2.45) is 0 Å². The lowest BCUT2D eigenvalue weighted by atomic mass is 10.2. The molecule has 3 aromatic carbocycles. The van der Waals surface area contributed by atoms with Crippen LogP contribution in [0.3, 0.4) is 0 Å². The van der Waals surface area contributed by atoms with Crippen LogP contribution in [0.2, 0.25) is 0 Å². The molecular weight excluding hydrogens is 460 g/mol. The number of hydrogen-bond donors (Lipinski definition) is 3. The molecule has 0 saturated heterocycles. The first-order chi connectivity index (χ1) is 17.5. The number of carbonyl (C=O) groups is 1. The van der Waals surface area contributed by atoms with Crippen LogP contribution in [-0.4, -0.2) is 56.6 Å². The van der Waals surface area contributed by atoms with Crippen LogP contribution < -0.4 is 29.6 Å². The fourth-order valence-corrected chi connectivity index (χ4v) is 3.09. The van der Waals surface area contributed by atoms with E-state index in [0.29, 0.717) is 37.0 Å². The monoisotopic (exact) mass is 494 g/mol. The zero-order valence-corrected chi connectivity index (χ0v) is 20.7. The molecule has 3 aromatic rings. The second-order valence-corrected chi connectivity index (χ2v) is 8.26. The molecule has 0 aliphatic heterocycles. The first-order valence-corrected chi connectivity index (χ1v) is 11.9. The van der Waals surface area contributed by atoms with E-state index in [4.69, 9.17) is 18.9 Å². The van der Waals surface area contributed by atoms with Gasteiger partial charge in [0.1, 0.15) is 48.9 Å². The third-order valence-electron chi connectivity index (χ3n) is 5.19. The minimum absolute atomic E-state index is 0.0184. The van der Waals surface area contributed by atoms with Gasteiger partial charge in [-0.25, -0.2) is 0 Å². The lowest BCUT2D eigenvalue weighted by Gasteiger charge is -2.18. The van der Waals surface area contributed by atoms with Crippen molar-refractivity contribution in [2.45, 2.75) is 25.7 Å². The summed E-state index contributed by atoms with van der Waals surface area (Å²) in [7, 11) is 1.56. The van der Waals surface area contributed by atoms with Gasteiger partial charge in [-0.15, -0.1) is 0 Å². The molecule has 0 aliphatic carbocycles. The van der Waals surface area contributed by atoms with Gasteiger partial charge in [0.25, 0.3) is 5.91 Å². The first-order valence-electron chi connectivity index (χ1n) is 11.9. The van der Waals surface area contributed by atoms with Gasteiger partial charge < -0.3 is 34.7 Å². The van der Waals surface area contributed by atoms with E-state index < -0.39 is 6.10 Å². The molecule has 2 atom stereocenters. The Kier molecular flexibility index (Phi) is 10.9. The highest BCUT2D eigenvalue weighted by molar-refractivity contribution is 5.77. The maximum atomic E-state index is 11.2. The van der Waals surface area contributed by atoms with Gasteiger partial charge in [0.15, 0.2) is 6.61 Å². The predicted octanol–water partition coefficient (Wildman–Crippen LogP) is 3.19. The topological polar surface area (TPSA) is 98.3 Å². The molecule has 0 aliphatic rings. The highest BCUT2D eigenvalue weighted by atomic mass is 16.5. The minimum atomic E-state index is -0.668. The number of nitrogens with one attached hydrogen (secondary N) is 2. The molecule has 3 rings (SSSR count). The molecule has 0 bridgehead atoms. The van der Waals surface area contributed by atoms with Crippen LogP contribution >= 0.6 is 0 Å². The summed E-state index contributed by atoms with van der Waals surface area (Å²) in [5.74, 6) is 2.52. The lowest BCUT2D eigenvalue weighted by molar-refractivity contribution is -0.122. The van der Waals surface area contributed by atoms with E-state index in [2.05, 4.69) is 10.6 Å². The van der Waals surface area contributed by atoms with Crippen molar-refractivity contribution in [2.75, 3.05) is 33.4 Å². The molecule has 0 heterocycles.